The summed E-state index contributed by atoms with van der Waals surface area (Å²) in [7, 11) is 1.64. The zero-order valence-electron chi connectivity index (χ0n) is 10.5. The van der Waals surface area contributed by atoms with Crippen molar-refractivity contribution in [2.24, 2.45) is 0 Å². The van der Waals surface area contributed by atoms with Gasteiger partial charge in [0.05, 0.1) is 7.11 Å². The molecule has 2 aromatic rings. The van der Waals surface area contributed by atoms with Crippen molar-refractivity contribution in [3.8, 4) is 40.7 Å². The number of methoxy groups -OCH3 is 1. The summed E-state index contributed by atoms with van der Waals surface area (Å²) in [6.07, 6.45) is 5.59. The third-order valence-electron chi connectivity index (χ3n) is 3.07. The number of hydrogen-bond donors (Lipinski definition) is 0. The maximum Gasteiger partial charge on any atom is 0.231 e. The highest BCUT2D eigenvalue weighted by atomic mass is 16.7. The summed E-state index contributed by atoms with van der Waals surface area (Å²) in [6, 6.07) is 11.5. The maximum atomic E-state index is 5.59. The molecule has 2 aromatic carbocycles. The molecule has 0 saturated carbocycles. The summed E-state index contributed by atoms with van der Waals surface area (Å²) >= 11 is 0. The number of rotatable bonds is 2. The number of terminal acetylenes is 1. The van der Waals surface area contributed by atoms with Gasteiger partial charge in [0.15, 0.2) is 11.5 Å². The topological polar surface area (TPSA) is 27.7 Å². The summed E-state index contributed by atoms with van der Waals surface area (Å²) in [6.45, 7) is 0.231. The van der Waals surface area contributed by atoms with Gasteiger partial charge in [-0.2, -0.15) is 0 Å². The van der Waals surface area contributed by atoms with Gasteiger partial charge in [0, 0.05) is 22.8 Å². The molecule has 3 heteroatoms. The summed E-state index contributed by atoms with van der Waals surface area (Å²) < 4.78 is 16.1. The minimum Gasteiger partial charge on any atom is -0.496 e. The fourth-order valence-electron chi connectivity index (χ4n) is 2.15. The Kier molecular flexibility index (Phi) is 2.77. The van der Waals surface area contributed by atoms with Crippen molar-refractivity contribution in [3.05, 3.63) is 42.0 Å². The van der Waals surface area contributed by atoms with Crippen LogP contribution in [0.4, 0.5) is 0 Å². The predicted octanol–water partition coefficient (Wildman–Crippen LogP) is 3.07. The van der Waals surface area contributed by atoms with Crippen LogP contribution in [0.5, 0.6) is 17.2 Å². The number of ether oxygens (including phenoxy) is 3. The summed E-state index contributed by atoms with van der Waals surface area (Å²) in [5, 5.41) is 0. The first-order valence-electron chi connectivity index (χ1n) is 5.87. The number of para-hydroxylation sites is 1. The van der Waals surface area contributed by atoms with E-state index in [9.17, 15) is 0 Å². The summed E-state index contributed by atoms with van der Waals surface area (Å²) in [5.41, 5.74) is 2.61. The molecule has 3 nitrogen and oxygen atoms in total. The van der Waals surface area contributed by atoms with Crippen LogP contribution in [0.25, 0.3) is 11.1 Å². The number of hydrogen-bond acceptors (Lipinski definition) is 3. The van der Waals surface area contributed by atoms with Crippen molar-refractivity contribution in [1.82, 2.24) is 0 Å². The Morgan fingerprint density at radius 3 is 2.58 bits per heavy atom. The molecule has 94 valence electrons. The monoisotopic (exact) mass is 252 g/mol. The van der Waals surface area contributed by atoms with Crippen LogP contribution in [-0.2, 0) is 0 Å². The second-order valence-electron chi connectivity index (χ2n) is 4.10. The molecule has 0 radical (unpaired) electrons. The van der Waals surface area contributed by atoms with Gasteiger partial charge in [-0.1, -0.05) is 24.1 Å². The number of fused-ring (bicyclic) bond motifs is 1. The molecule has 1 heterocycles. The van der Waals surface area contributed by atoms with Gasteiger partial charge in [0.2, 0.25) is 6.79 Å². The van der Waals surface area contributed by atoms with Crippen molar-refractivity contribution >= 4 is 0 Å². The van der Waals surface area contributed by atoms with E-state index in [1.54, 1.807) is 7.11 Å². The van der Waals surface area contributed by atoms with Crippen LogP contribution >= 0.6 is 0 Å². The Morgan fingerprint density at radius 2 is 1.84 bits per heavy atom. The van der Waals surface area contributed by atoms with Gasteiger partial charge in [0.25, 0.3) is 0 Å². The highest BCUT2D eigenvalue weighted by Crippen LogP contribution is 2.40. The molecule has 3 rings (SSSR count). The number of benzene rings is 2. The second kappa shape index (κ2) is 4.58. The molecule has 0 aromatic heterocycles. The van der Waals surface area contributed by atoms with Crippen LogP contribution in [0, 0.1) is 12.3 Å². The molecule has 0 bridgehead atoms. The van der Waals surface area contributed by atoms with Gasteiger partial charge < -0.3 is 14.2 Å². The molecular weight excluding hydrogens is 240 g/mol. The molecule has 0 unspecified atom stereocenters. The van der Waals surface area contributed by atoms with Crippen LogP contribution in [0.3, 0.4) is 0 Å². The molecule has 0 aliphatic carbocycles. The van der Waals surface area contributed by atoms with Gasteiger partial charge in [0.1, 0.15) is 5.75 Å². The average Bonchev–Trinajstić information content (AvgIpc) is 2.93. The van der Waals surface area contributed by atoms with Crippen molar-refractivity contribution in [3.63, 3.8) is 0 Å². The lowest BCUT2D eigenvalue weighted by atomic mass is 9.98. The van der Waals surface area contributed by atoms with E-state index in [0.29, 0.717) is 11.5 Å². The standard InChI is InChI=1S/C16H12O3/c1-3-11-8-15-16(19-10-18-15)9-13(11)12-6-4-5-7-14(12)17-2/h1,4-9H,10H2,2H3. The quantitative estimate of drug-likeness (QED) is 0.769. The van der Waals surface area contributed by atoms with Crippen molar-refractivity contribution in [2.45, 2.75) is 0 Å². The Hall–Kier alpha value is -2.60. The largest absolute Gasteiger partial charge is 0.496 e. The molecule has 0 saturated heterocycles. The SMILES string of the molecule is C#Cc1cc2c(cc1-c1ccccc1OC)OCO2. The lowest BCUT2D eigenvalue weighted by Crippen LogP contribution is -1.92. The molecule has 19 heavy (non-hydrogen) atoms. The fraction of sp³-hybridized carbons (Fsp3) is 0.125. The molecule has 0 N–H and O–H groups in total. The Bertz CT molecular complexity index is 668. The Morgan fingerprint density at radius 1 is 1.11 bits per heavy atom. The van der Waals surface area contributed by atoms with E-state index >= 15 is 0 Å². The van der Waals surface area contributed by atoms with Crippen molar-refractivity contribution in [1.29, 1.82) is 0 Å². The van der Waals surface area contributed by atoms with Gasteiger partial charge in [-0.15, -0.1) is 6.42 Å². The van der Waals surface area contributed by atoms with E-state index < -0.39 is 0 Å². The van der Waals surface area contributed by atoms with E-state index in [2.05, 4.69) is 5.92 Å². The van der Waals surface area contributed by atoms with Crippen molar-refractivity contribution in [2.75, 3.05) is 13.9 Å². The van der Waals surface area contributed by atoms with E-state index in [-0.39, 0.29) is 6.79 Å². The van der Waals surface area contributed by atoms with E-state index in [1.165, 1.54) is 0 Å². The van der Waals surface area contributed by atoms with E-state index in [1.807, 2.05) is 36.4 Å². The summed E-state index contributed by atoms with van der Waals surface area (Å²) in [4.78, 5) is 0. The van der Waals surface area contributed by atoms with Crippen molar-refractivity contribution < 1.29 is 14.2 Å². The molecule has 1 aliphatic heterocycles. The van der Waals surface area contributed by atoms with Crippen LogP contribution < -0.4 is 14.2 Å². The third-order valence-corrected chi connectivity index (χ3v) is 3.07. The molecule has 0 atom stereocenters. The molecule has 0 spiro atoms. The first-order valence-corrected chi connectivity index (χ1v) is 5.87. The maximum absolute atomic E-state index is 5.59. The van der Waals surface area contributed by atoms with Gasteiger partial charge >= 0.3 is 0 Å². The Labute approximate surface area is 111 Å². The van der Waals surface area contributed by atoms with Gasteiger partial charge in [-0.3, -0.25) is 0 Å². The lowest BCUT2D eigenvalue weighted by Gasteiger charge is -2.11. The molecule has 0 amide bonds. The second-order valence-corrected chi connectivity index (χ2v) is 4.10. The zero-order chi connectivity index (χ0) is 13.2. The highest BCUT2D eigenvalue weighted by molar-refractivity contribution is 5.78. The first kappa shape index (κ1) is 11.5. The van der Waals surface area contributed by atoms with Crippen LogP contribution in [-0.4, -0.2) is 13.9 Å². The van der Waals surface area contributed by atoms with E-state index in [0.717, 1.165) is 22.4 Å². The first-order chi connectivity index (χ1) is 9.33. The minimum absolute atomic E-state index is 0.231. The van der Waals surface area contributed by atoms with E-state index in [4.69, 9.17) is 20.6 Å². The van der Waals surface area contributed by atoms with Crippen LogP contribution in [0.2, 0.25) is 0 Å². The minimum atomic E-state index is 0.231. The predicted molar refractivity (Wildman–Crippen MR) is 72.5 cm³/mol. The summed E-state index contributed by atoms with van der Waals surface area (Å²) in [5.74, 6) is 4.85. The fourth-order valence-corrected chi connectivity index (χ4v) is 2.15. The molecule has 1 aliphatic rings. The Balaban J connectivity index is 2.22. The van der Waals surface area contributed by atoms with Crippen LogP contribution in [0.15, 0.2) is 36.4 Å². The molecular formula is C16H12O3. The van der Waals surface area contributed by atoms with Gasteiger partial charge in [-0.05, 0) is 12.1 Å². The zero-order valence-corrected chi connectivity index (χ0v) is 10.5. The average molecular weight is 252 g/mol. The molecule has 0 fully saturated rings. The van der Waals surface area contributed by atoms with Crippen LogP contribution in [0.1, 0.15) is 5.56 Å². The van der Waals surface area contributed by atoms with Gasteiger partial charge in [-0.25, -0.2) is 0 Å². The normalized spacial score (nSPS) is 12.0. The third kappa shape index (κ3) is 1.88. The smallest absolute Gasteiger partial charge is 0.231 e. The lowest BCUT2D eigenvalue weighted by molar-refractivity contribution is 0.174. The highest BCUT2D eigenvalue weighted by Gasteiger charge is 2.18.